The Morgan fingerprint density at radius 3 is 1.26 bits per heavy atom. The summed E-state index contributed by atoms with van der Waals surface area (Å²) in [5.41, 5.74) is 3.50. The van der Waals surface area contributed by atoms with E-state index < -0.39 is 60.3 Å². The van der Waals surface area contributed by atoms with Gasteiger partial charge in [0.25, 0.3) is 12.9 Å². The van der Waals surface area contributed by atoms with Crippen LogP contribution >= 0.6 is 0 Å². The highest BCUT2D eigenvalue weighted by atomic mass is 19.3. The number of aromatic nitrogens is 8. The highest BCUT2D eigenvalue weighted by Gasteiger charge is 2.28. The summed E-state index contributed by atoms with van der Waals surface area (Å²) in [7, 11) is 0. The molecule has 4 heterocycles. The van der Waals surface area contributed by atoms with Crippen molar-refractivity contribution in [1.29, 1.82) is 0 Å². The molecule has 0 aliphatic heterocycles. The van der Waals surface area contributed by atoms with Crippen LogP contribution in [0.25, 0.3) is 11.4 Å². The maximum absolute atomic E-state index is 14.2. The van der Waals surface area contributed by atoms with Gasteiger partial charge in [0.05, 0.1) is 60.6 Å². The average Bonchev–Trinajstić information content (AvgIpc) is 4.20. The zero-order valence-corrected chi connectivity index (χ0v) is 37.6. The normalized spacial score (nSPS) is 13.4. The van der Waals surface area contributed by atoms with Crippen molar-refractivity contribution in [2.75, 3.05) is 0 Å². The van der Waals surface area contributed by atoms with Crippen molar-refractivity contribution >= 4 is 0 Å². The summed E-state index contributed by atoms with van der Waals surface area (Å²) in [6, 6.07) is 29.2. The van der Waals surface area contributed by atoms with E-state index >= 15 is 0 Å². The molecule has 0 fully saturated rings. The number of hydrogen-bond acceptors (Lipinski definition) is 8. The molecule has 4 atom stereocenters. The average molecular weight is 941 g/mol. The van der Waals surface area contributed by atoms with Gasteiger partial charge in [-0.15, -0.1) is 0 Å². The molecule has 0 aliphatic carbocycles. The van der Waals surface area contributed by atoms with Crippen molar-refractivity contribution < 1.29 is 46.0 Å². The standard InChI is InChI=1S/2C25H25F3N4O2/c2*1-3-31-14-18(13-29-31)24(33)23-12-21(25(27)28)30-32(23)22-10-9-19(26)11-20(22)16(2)34-15-17-7-5-4-6-8-17/h2*4-14,16,24-25,33H,3,15H2,1-2H3/t2*16-,24?/m11/s1. The highest BCUT2D eigenvalue weighted by molar-refractivity contribution is 5.46. The largest absolute Gasteiger partial charge is 0.382 e. The molecule has 356 valence electrons. The Balaban J connectivity index is 0.000000201. The minimum Gasteiger partial charge on any atom is -0.382 e. The van der Waals surface area contributed by atoms with Gasteiger partial charge < -0.3 is 19.7 Å². The molecular formula is C50H50F6N8O4. The number of nitrogens with zero attached hydrogens (tertiary/aromatic N) is 8. The van der Waals surface area contributed by atoms with Crippen LogP contribution in [0.15, 0.2) is 134 Å². The van der Waals surface area contributed by atoms with E-state index in [0.29, 0.717) is 46.7 Å². The Hall–Kier alpha value is -6.86. The molecule has 18 heteroatoms. The predicted molar refractivity (Wildman–Crippen MR) is 240 cm³/mol. The van der Waals surface area contributed by atoms with Gasteiger partial charge in [0, 0.05) is 47.7 Å². The third kappa shape index (κ3) is 11.6. The van der Waals surface area contributed by atoms with Gasteiger partial charge in [-0.25, -0.2) is 35.7 Å². The zero-order valence-electron chi connectivity index (χ0n) is 37.6. The van der Waals surface area contributed by atoms with Crippen molar-refractivity contribution in [2.24, 2.45) is 0 Å². The summed E-state index contributed by atoms with van der Waals surface area (Å²) in [4.78, 5) is 0. The van der Waals surface area contributed by atoms with Gasteiger partial charge >= 0.3 is 0 Å². The number of ether oxygens (including phenoxy) is 2. The Morgan fingerprint density at radius 2 is 0.926 bits per heavy atom. The molecule has 8 aromatic rings. The summed E-state index contributed by atoms with van der Waals surface area (Å²) < 4.78 is 100. The Morgan fingerprint density at radius 1 is 0.544 bits per heavy atom. The molecule has 0 spiro atoms. The minimum atomic E-state index is -2.85. The monoisotopic (exact) mass is 940 g/mol. The van der Waals surface area contributed by atoms with Crippen LogP contribution in [0, 0.1) is 11.6 Å². The fourth-order valence-electron chi connectivity index (χ4n) is 7.41. The van der Waals surface area contributed by atoms with Crippen LogP contribution in [0.3, 0.4) is 0 Å². The molecule has 68 heavy (non-hydrogen) atoms. The van der Waals surface area contributed by atoms with E-state index in [4.69, 9.17) is 9.47 Å². The first-order valence-electron chi connectivity index (χ1n) is 21.8. The minimum absolute atomic E-state index is 0.120. The van der Waals surface area contributed by atoms with Crippen molar-refractivity contribution in [3.63, 3.8) is 0 Å². The summed E-state index contributed by atoms with van der Waals surface area (Å²) in [6.45, 7) is 9.03. The molecule has 2 N–H and O–H groups in total. The number of rotatable bonds is 18. The quantitative estimate of drug-likeness (QED) is 0.0814. The van der Waals surface area contributed by atoms with Crippen molar-refractivity contribution in [2.45, 2.75) is 91.3 Å². The van der Waals surface area contributed by atoms with Crippen LogP contribution < -0.4 is 0 Å². The molecule has 2 unspecified atom stereocenters. The lowest BCUT2D eigenvalue weighted by atomic mass is 10.1. The van der Waals surface area contributed by atoms with Crippen molar-refractivity contribution in [1.82, 2.24) is 39.1 Å². The van der Waals surface area contributed by atoms with Crippen LogP contribution in [0.5, 0.6) is 0 Å². The predicted octanol–water partition coefficient (Wildman–Crippen LogP) is 11.0. The van der Waals surface area contributed by atoms with Crippen LogP contribution in [-0.2, 0) is 35.8 Å². The Kier molecular flexibility index (Phi) is 16.1. The van der Waals surface area contributed by atoms with E-state index in [9.17, 15) is 36.6 Å². The second-order valence-corrected chi connectivity index (χ2v) is 15.8. The van der Waals surface area contributed by atoms with E-state index in [1.807, 2.05) is 74.5 Å². The van der Waals surface area contributed by atoms with Crippen LogP contribution in [0.1, 0.15) is 121 Å². The number of halogens is 6. The maximum Gasteiger partial charge on any atom is 0.282 e. The zero-order chi connectivity index (χ0) is 48.5. The summed E-state index contributed by atoms with van der Waals surface area (Å²) in [6.07, 6.45) is -3.16. The smallest absolute Gasteiger partial charge is 0.282 e. The van der Waals surface area contributed by atoms with Gasteiger partial charge in [0.2, 0.25) is 0 Å². The first-order valence-corrected chi connectivity index (χ1v) is 21.8. The van der Waals surface area contributed by atoms with Crippen LogP contribution in [0.4, 0.5) is 26.3 Å². The van der Waals surface area contributed by atoms with Gasteiger partial charge in [-0.3, -0.25) is 9.36 Å². The Labute approximate surface area is 388 Å². The highest BCUT2D eigenvalue weighted by Crippen LogP contribution is 2.35. The van der Waals surface area contributed by atoms with Gasteiger partial charge in [-0.05, 0) is 87.4 Å². The third-order valence-corrected chi connectivity index (χ3v) is 11.1. The molecule has 0 aliphatic rings. The Bertz CT molecular complexity index is 2670. The van der Waals surface area contributed by atoms with E-state index in [1.54, 1.807) is 35.6 Å². The summed E-state index contributed by atoms with van der Waals surface area (Å²) in [5, 5.41) is 38.4. The SMILES string of the molecule is CCn1cc(C(O)c2cc(C(F)F)nn2-c2ccc(F)cc2[C@@H](C)OCc2ccccc2)cn1.CCn1cc(C(O)c2cc(C(F)F)nn2-c2ccc(F)cc2[C@@H](C)OCc2ccccc2)cn1. The van der Waals surface area contributed by atoms with Crippen LogP contribution in [0.2, 0.25) is 0 Å². The lowest BCUT2D eigenvalue weighted by molar-refractivity contribution is 0.0521. The molecule has 0 saturated heterocycles. The molecule has 4 aromatic heterocycles. The molecule has 12 nitrogen and oxygen atoms in total. The van der Waals surface area contributed by atoms with E-state index in [2.05, 4.69) is 20.4 Å². The lowest BCUT2D eigenvalue weighted by Crippen LogP contribution is -2.13. The third-order valence-electron chi connectivity index (χ3n) is 11.1. The fourth-order valence-corrected chi connectivity index (χ4v) is 7.41. The second-order valence-electron chi connectivity index (χ2n) is 15.8. The van der Waals surface area contributed by atoms with Gasteiger partial charge in [0.1, 0.15) is 35.2 Å². The molecule has 0 saturated carbocycles. The van der Waals surface area contributed by atoms with E-state index in [0.717, 1.165) is 23.3 Å². The van der Waals surface area contributed by atoms with Gasteiger partial charge in [-0.2, -0.15) is 20.4 Å². The summed E-state index contributed by atoms with van der Waals surface area (Å²) in [5.74, 6) is -0.997. The van der Waals surface area contributed by atoms with Gasteiger partial charge in [0.15, 0.2) is 0 Å². The van der Waals surface area contributed by atoms with E-state index in [-0.39, 0.29) is 24.6 Å². The molecule has 0 radical (unpaired) electrons. The van der Waals surface area contributed by atoms with Crippen molar-refractivity contribution in [3.05, 3.63) is 202 Å². The summed E-state index contributed by atoms with van der Waals surface area (Å²) >= 11 is 0. The number of aryl methyl sites for hydroxylation is 2. The first kappa shape index (κ1) is 49.1. The molecule has 4 aromatic carbocycles. The van der Waals surface area contributed by atoms with Crippen LogP contribution in [-0.4, -0.2) is 49.3 Å². The molecular weight excluding hydrogens is 891 g/mol. The lowest BCUT2D eigenvalue weighted by Gasteiger charge is -2.20. The number of aliphatic hydroxyl groups excluding tert-OH is 2. The maximum atomic E-state index is 14.2. The number of hydrogen-bond donors (Lipinski definition) is 2. The van der Waals surface area contributed by atoms with Gasteiger partial charge in [-0.1, -0.05) is 60.7 Å². The molecule has 0 amide bonds. The van der Waals surface area contributed by atoms with E-state index in [1.165, 1.54) is 58.2 Å². The number of benzene rings is 4. The number of alkyl halides is 4. The fraction of sp³-hybridized carbons (Fsp3) is 0.280. The second kappa shape index (κ2) is 22.3. The number of aliphatic hydroxyl groups is 2. The van der Waals surface area contributed by atoms with Crippen molar-refractivity contribution in [3.8, 4) is 11.4 Å². The first-order chi connectivity index (χ1) is 32.7. The molecule has 8 rings (SSSR count). The molecule has 0 bridgehead atoms. The topological polar surface area (TPSA) is 130 Å².